The van der Waals surface area contributed by atoms with Gasteiger partial charge in [0.05, 0.1) is 5.60 Å². The highest BCUT2D eigenvalue weighted by molar-refractivity contribution is 5.27. The van der Waals surface area contributed by atoms with Gasteiger partial charge in [-0.15, -0.1) is 0 Å². The summed E-state index contributed by atoms with van der Waals surface area (Å²) in [5, 5.41) is 3.39. The fraction of sp³-hybridized carbons (Fsp3) is 0.571. The van der Waals surface area contributed by atoms with Crippen LogP contribution in [0.15, 0.2) is 24.3 Å². The fourth-order valence-electron chi connectivity index (χ4n) is 2.49. The number of ether oxygens (including phenoxy) is 1. The summed E-state index contributed by atoms with van der Waals surface area (Å²) in [7, 11) is 1.85. The van der Waals surface area contributed by atoms with Gasteiger partial charge in [-0.2, -0.15) is 0 Å². The maximum Gasteiger partial charge on any atom is 0.0743 e. The average Bonchev–Trinajstić information content (AvgIpc) is 2.33. The molecular weight excluding hydrogens is 198 g/mol. The van der Waals surface area contributed by atoms with E-state index >= 15 is 0 Å². The second kappa shape index (κ2) is 4.98. The monoisotopic (exact) mass is 219 g/mol. The van der Waals surface area contributed by atoms with E-state index < -0.39 is 0 Å². The molecule has 0 aliphatic carbocycles. The molecule has 0 radical (unpaired) electrons. The summed E-state index contributed by atoms with van der Waals surface area (Å²) >= 11 is 0. The Morgan fingerprint density at radius 2 is 1.94 bits per heavy atom. The van der Waals surface area contributed by atoms with Crippen molar-refractivity contribution in [1.82, 2.24) is 5.32 Å². The molecule has 1 saturated heterocycles. The number of aryl methyl sites for hydroxylation is 1. The van der Waals surface area contributed by atoms with Gasteiger partial charge in [0.1, 0.15) is 0 Å². The zero-order valence-corrected chi connectivity index (χ0v) is 10.3. The molecule has 1 aromatic rings. The van der Waals surface area contributed by atoms with E-state index in [0.717, 1.165) is 32.4 Å². The van der Waals surface area contributed by atoms with Crippen LogP contribution in [0.4, 0.5) is 0 Å². The SMILES string of the molecule is COC1(Cc2ccccc2C)CCNCC1. The zero-order valence-electron chi connectivity index (χ0n) is 10.3. The Labute approximate surface area is 98.0 Å². The average molecular weight is 219 g/mol. The third-order valence-electron chi connectivity index (χ3n) is 3.72. The second-order valence-electron chi connectivity index (χ2n) is 4.74. The minimum atomic E-state index is 0.0529. The first-order valence-corrected chi connectivity index (χ1v) is 6.06. The third-order valence-corrected chi connectivity index (χ3v) is 3.72. The molecule has 0 aromatic heterocycles. The van der Waals surface area contributed by atoms with Gasteiger partial charge in [0.2, 0.25) is 0 Å². The number of benzene rings is 1. The summed E-state index contributed by atoms with van der Waals surface area (Å²) < 4.78 is 5.80. The van der Waals surface area contributed by atoms with Crippen molar-refractivity contribution in [2.24, 2.45) is 0 Å². The van der Waals surface area contributed by atoms with Crippen molar-refractivity contribution in [3.05, 3.63) is 35.4 Å². The minimum Gasteiger partial charge on any atom is -0.378 e. The van der Waals surface area contributed by atoms with Gasteiger partial charge in [0.15, 0.2) is 0 Å². The first-order valence-electron chi connectivity index (χ1n) is 6.06. The molecule has 2 heteroatoms. The van der Waals surface area contributed by atoms with Gasteiger partial charge < -0.3 is 10.1 Å². The maximum atomic E-state index is 5.80. The second-order valence-corrected chi connectivity index (χ2v) is 4.74. The molecule has 1 heterocycles. The van der Waals surface area contributed by atoms with E-state index in [1.807, 2.05) is 7.11 Å². The van der Waals surface area contributed by atoms with E-state index in [2.05, 4.69) is 36.5 Å². The Balaban J connectivity index is 2.15. The van der Waals surface area contributed by atoms with E-state index in [1.165, 1.54) is 11.1 Å². The number of nitrogens with one attached hydrogen (secondary N) is 1. The normalized spacial score (nSPS) is 19.6. The molecule has 0 bridgehead atoms. The van der Waals surface area contributed by atoms with Crippen molar-refractivity contribution < 1.29 is 4.74 Å². The van der Waals surface area contributed by atoms with Gasteiger partial charge >= 0.3 is 0 Å². The molecular formula is C14H21NO. The topological polar surface area (TPSA) is 21.3 Å². The molecule has 0 atom stereocenters. The van der Waals surface area contributed by atoms with Crippen molar-refractivity contribution in [3.8, 4) is 0 Å². The highest BCUT2D eigenvalue weighted by Crippen LogP contribution is 2.28. The molecule has 2 rings (SSSR count). The Kier molecular flexibility index (Phi) is 3.62. The molecule has 1 aromatic carbocycles. The van der Waals surface area contributed by atoms with Crippen LogP contribution in [0.2, 0.25) is 0 Å². The van der Waals surface area contributed by atoms with Gasteiger partial charge in [-0.25, -0.2) is 0 Å². The van der Waals surface area contributed by atoms with Crippen LogP contribution in [0.3, 0.4) is 0 Å². The fourth-order valence-corrected chi connectivity index (χ4v) is 2.49. The number of methoxy groups -OCH3 is 1. The zero-order chi connectivity index (χ0) is 11.4. The lowest BCUT2D eigenvalue weighted by atomic mass is 9.84. The first-order chi connectivity index (χ1) is 7.76. The third kappa shape index (κ3) is 2.45. The van der Waals surface area contributed by atoms with Crippen LogP contribution in [0, 0.1) is 6.92 Å². The summed E-state index contributed by atoms with van der Waals surface area (Å²) in [6, 6.07) is 8.62. The molecule has 1 N–H and O–H groups in total. The van der Waals surface area contributed by atoms with E-state index in [9.17, 15) is 0 Å². The van der Waals surface area contributed by atoms with Crippen LogP contribution in [-0.2, 0) is 11.2 Å². The van der Waals surface area contributed by atoms with Crippen LogP contribution in [-0.4, -0.2) is 25.8 Å². The van der Waals surface area contributed by atoms with Crippen LogP contribution in [0.1, 0.15) is 24.0 Å². The summed E-state index contributed by atoms with van der Waals surface area (Å²) in [4.78, 5) is 0. The molecule has 16 heavy (non-hydrogen) atoms. The molecule has 0 spiro atoms. The lowest BCUT2D eigenvalue weighted by Gasteiger charge is -2.37. The Morgan fingerprint density at radius 1 is 1.25 bits per heavy atom. The van der Waals surface area contributed by atoms with Crippen LogP contribution in [0.5, 0.6) is 0 Å². The Hall–Kier alpha value is -0.860. The minimum absolute atomic E-state index is 0.0529. The lowest BCUT2D eigenvalue weighted by Crippen LogP contribution is -2.45. The van der Waals surface area contributed by atoms with Gasteiger partial charge in [-0.3, -0.25) is 0 Å². The smallest absolute Gasteiger partial charge is 0.0743 e. The van der Waals surface area contributed by atoms with Gasteiger partial charge in [-0.05, 0) is 44.0 Å². The van der Waals surface area contributed by atoms with E-state index in [0.29, 0.717) is 0 Å². The van der Waals surface area contributed by atoms with E-state index in [4.69, 9.17) is 4.74 Å². The number of piperidine rings is 1. The molecule has 1 aliphatic rings. The molecule has 2 nitrogen and oxygen atoms in total. The standard InChI is InChI=1S/C14H21NO/c1-12-5-3-4-6-13(12)11-14(16-2)7-9-15-10-8-14/h3-6,15H,7-11H2,1-2H3. The van der Waals surface area contributed by atoms with Crippen LogP contribution >= 0.6 is 0 Å². The van der Waals surface area contributed by atoms with Crippen molar-refractivity contribution in [2.45, 2.75) is 31.8 Å². The maximum absolute atomic E-state index is 5.80. The van der Waals surface area contributed by atoms with Gasteiger partial charge in [0.25, 0.3) is 0 Å². The van der Waals surface area contributed by atoms with Crippen molar-refractivity contribution in [3.63, 3.8) is 0 Å². The highest BCUT2D eigenvalue weighted by Gasteiger charge is 2.32. The lowest BCUT2D eigenvalue weighted by molar-refractivity contribution is -0.0334. The Bertz CT molecular complexity index is 342. The van der Waals surface area contributed by atoms with Crippen LogP contribution in [0.25, 0.3) is 0 Å². The van der Waals surface area contributed by atoms with E-state index in [1.54, 1.807) is 0 Å². The number of hydrogen-bond acceptors (Lipinski definition) is 2. The van der Waals surface area contributed by atoms with Crippen molar-refractivity contribution in [2.75, 3.05) is 20.2 Å². The summed E-state index contributed by atoms with van der Waals surface area (Å²) in [6.07, 6.45) is 3.26. The summed E-state index contributed by atoms with van der Waals surface area (Å²) in [6.45, 7) is 4.32. The highest BCUT2D eigenvalue weighted by atomic mass is 16.5. The molecule has 1 aliphatic heterocycles. The first kappa shape index (κ1) is 11.6. The number of rotatable bonds is 3. The van der Waals surface area contributed by atoms with E-state index in [-0.39, 0.29) is 5.60 Å². The molecule has 0 saturated carbocycles. The predicted molar refractivity (Wildman–Crippen MR) is 66.7 cm³/mol. The van der Waals surface area contributed by atoms with Crippen molar-refractivity contribution >= 4 is 0 Å². The van der Waals surface area contributed by atoms with Gasteiger partial charge in [-0.1, -0.05) is 24.3 Å². The molecule has 0 unspecified atom stereocenters. The molecule has 1 fully saturated rings. The summed E-state index contributed by atoms with van der Waals surface area (Å²) in [5.41, 5.74) is 2.85. The largest absolute Gasteiger partial charge is 0.378 e. The molecule has 88 valence electrons. The Morgan fingerprint density at radius 3 is 2.56 bits per heavy atom. The van der Waals surface area contributed by atoms with Gasteiger partial charge in [0, 0.05) is 13.5 Å². The van der Waals surface area contributed by atoms with Crippen LogP contribution < -0.4 is 5.32 Å². The molecule has 0 amide bonds. The number of hydrogen-bond donors (Lipinski definition) is 1. The summed E-state index contributed by atoms with van der Waals surface area (Å²) in [5.74, 6) is 0. The predicted octanol–water partition coefficient (Wildman–Crippen LogP) is 2.31. The van der Waals surface area contributed by atoms with Crippen molar-refractivity contribution in [1.29, 1.82) is 0 Å². The quantitative estimate of drug-likeness (QED) is 0.842.